The Labute approximate surface area is 118 Å². The Bertz CT molecular complexity index is 299. The summed E-state index contributed by atoms with van der Waals surface area (Å²) >= 11 is 0. The van der Waals surface area contributed by atoms with Gasteiger partial charge >= 0.3 is 0 Å². The van der Waals surface area contributed by atoms with Gasteiger partial charge in [-0.3, -0.25) is 4.48 Å². The van der Waals surface area contributed by atoms with Crippen LogP contribution in [0.3, 0.4) is 0 Å². The molecule has 0 saturated carbocycles. The average Bonchev–Trinajstić information content (AvgIpc) is 2.82. The van der Waals surface area contributed by atoms with Gasteiger partial charge in [-0.05, 0) is 19.8 Å². The summed E-state index contributed by atoms with van der Waals surface area (Å²) in [6, 6.07) is 0. The molecule has 0 fully saturated rings. The average molecular weight is 267 g/mol. The minimum Gasteiger partial charge on any atom is -0.390 e. The third-order valence-corrected chi connectivity index (χ3v) is 4.19. The summed E-state index contributed by atoms with van der Waals surface area (Å²) in [7, 11) is 0. The van der Waals surface area contributed by atoms with Crippen molar-refractivity contribution in [2.45, 2.75) is 52.4 Å². The highest BCUT2D eigenvalue weighted by Crippen LogP contribution is 2.17. The Morgan fingerprint density at radius 3 is 2.74 bits per heavy atom. The maximum absolute atomic E-state index is 9.24. The first-order chi connectivity index (χ1) is 9.29. The Morgan fingerprint density at radius 2 is 2.05 bits per heavy atom. The first-order valence-corrected chi connectivity index (χ1v) is 7.95. The largest absolute Gasteiger partial charge is 0.390 e. The SMILES string of the molecule is CCCCCC/C=C/CC1=NCC[N+]1(CC)CCO. The van der Waals surface area contributed by atoms with Crippen LogP contribution in [0.2, 0.25) is 0 Å². The molecule has 1 heterocycles. The molecule has 19 heavy (non-hydrogen) atoms. The molecule has 0 amide bonds. The number of hydrogen-bond donors (Lipinski definition) is 1. The molecule has 0 spiro atoms. The van der Waals surface area contributed by atoms with Gasteiger partial charge in [0.05, 0.1) is 26.1 Å². The van der Waals surface area contributed by atoms with E-state index in [0.717, 1.165) is 37.1 Å². The zero-order valence-electron chi connectivity index (χ0n) is 12.8. The Balaban J connectivity index is 2.33. The molecule has 1 aliphatic rings. The summed E-state index contributed by atoms with van der Waals surface area (Å²) < 4.78 is 0.899. The van der Waals surface area contributed by atoms with Gasteiger partial charge in [0.1, 0.15) is 13.1 Å². The van der Waals surface area contributed by atoms with E-state index in [1.54, 1.807) is 0 Å². The van der Waals surface area contributed by atoms with Crippen molar-refractivity contribution in [1.29, 1.82) is 0 Å². The van der Waals surface area contributed by atoms with Crippen molar-refractivity contribution in [3.05, 3.63) is 12.2 Å². The molecular formula is C16H31N2O+. The minimum absolute atomic E-state index is 0.258. The summed E-state index contributed by atoms with van der Waals surface area (Å²) in [6.07, 6.45) is 12.0. The lowest BCUT2D eigenvalue weighted by molar-refractivity contribution is -0.834. The van der Waals surface area contributed by atoms with Gasteiger partial charge in [-0.1, -0.05) is 38.3 Å². The number of amidine groups is 1. The fraction of sp³-hybridized carbons (Fsp3) is 0.812. The van der Waals surface area contributed by atoms with E-state index >= 15 is 0 Å². The molecule has 1 N–H and O–H groups in total. The van der Waals surface area contributed by atoms with E-state index in [2.05, 4.69) is 31.0 Å². The van der Waals surface area contributed by atoms with Crippen molar-refractivity contribution in [2.75, 3.05) is 32.8 Å². The Kier molecular flexibility index (Phi) is 7.99. The molecule has 0 aliphatic carbocycles. The zero-order chi connectivity index (χ0) is 14.0. The predicted octanol–water partition coefficient (Wildman–Crippen LogP) is 3.14. The minimum atomic E-state index is 0.258. The maximum Gasteiger partial charge on any atom is 0.202 e. The molecule has 1 unspecified atom stereocenters. The van der Waals surface area contributed by atoms with Crippen LogP contribution in [0.25, 0.3) is 0 Å². The van der Waals surface area contributed by atoms with Crippen LogP contribution in [0.1, 0.15) is 52.4 Å². The smallest absolute Gasteiger partial charge is 0.202 e. The van der Waals surface area contributed by atoms with Gasteiger partial charge in [-0.2, -0.15) is 0 Å². The number of hydrogen-bond acceptors (Lipinski definition) is 2. The van der Waals surface area contributed by atoms with Crippen LogP contribution < -0.4 is 0 Å². The summed E-state index contributed by atoms with van der Waals surface area (Å²) in [5, 5.41) is 9.24. The highest BCUT2D eigenvalue weighted by molar-refractivity contribution is 5.78. The maximum atomic E-state index is 9.24. The molecule has 1 aliphatic heterocycles. The molecule has 0 aromatic heterocycles. The molecule has 0 aromatic rings. The molecule has 0 aromatic carbocycles. The number of quaternary nitrogens is 1. The van der Waals surface area contributed by atoms with E-state index in [4.69, 9.17) is 0 Å². The van der Waals surface area contributed by atoms with E-state index in [1.165, 1.54) is 37.9 Å². The number of aliphatic imine (C=N–C) groups is 1. The van der Waals surface area contributed by atoms with Gasteiger partial charge in [0.15, 0.2) is 0 Å². The second-order valence-corrected chi connectivity index (χ2v) is 5.46. The topological polar surface area (TPSA) is 32.6 Å². The monoisotopic (exact) mass is 267 g/mol. The van der Waals surface area contributed by atoms with Crippen LogP contribution in [0.4, 0.5) is 0 Å². The molecule has 3 nitrogen and oxygen atoms in total. The van der Waals surface area contributed by atoms with Crippen LogP contribution >= 0.6 is 0 Å². The first kappa shape index (κ1) is 16.4. The Morgan fingerprint density at radius 1 is 1.21 bits per heavy atom. The van der Waals surface area contributed by atoms with Gasteiger partial charge in [0.2, 0.25) is 5.84 Å². The third-order valence-electron chi connectivity index (χ3n) is 4.19. The van der Waals surface area contributed by atoms with E-state index in [-0.39, 0.29) is 6.61 Å². The number of nitrogens with zero attached hydrogens (tertiary/aromatic N) is 2. The molecular weight excluding hydrogens is 236 g/mol. The van der Waals surface area contributed by atoms with Gasteiger partial charge in [-0.25, -0.2) is 4.99 Å². The summed E-state index contributed by atoms with van der Waals surface area (Å²) in [4.78, 5) is 4.65. The Hall–Kier alpha value is -0.670. The zero-order valence-corrected chi connectivity index (χ0v) is 12.8. The molecule has 0 saturated heterocycles. The molecule has 0 bridgehead atoms. The van der Waals surface area contributed by atoms with Crippen molar-refractivity contribution >= 4 is 5.84 Å². The number of allylic oxidation sites excluding steroid dienone is 1. The number of rotatable bonds is 10. The number of unbranched alkanes of at least 4 members (excludes halogenated alkanes) is 4. The number of aliphatic hydroxyl groups excluding tert-OH is 1. The lowest BCUT2D eigenvalue weighted by Crippen LogP contribution is -2.52. The van der Waals surface area contributed by atoms with Crippen LogP contribution in [0.5, 0.6) is 0 Å². The molecule has 110 valence electrons. The van der Waals surface area contributed by atoms with Crippen molar-refractivity contribution in [2.24, 2.45) is 4.99 Å². The van der Waals surface area contributed by atoms with Crippen LogP contribution in [0.15, 0.2) is 17.1 Å². The second-order valence-electron chi connectivity index (χ2n) is 5.46. The molecule has 1 atom stereocenters. The van der Waals surface area contributed by atoms with Crippen molar-refractivity contribution in [3.8, 4) is 0 Å². The highest BCUT2D eigenvalue weighted by Gasteiger charge is 2.34. The number of aliphatic hydroxyl groups is 1. The van der Waals surface area contributed by atoms with E-state index in [9.17, 15) is 5.11 Å². The predicted molar refractivity (Wildman–Crippen MR) is 82.4 cm³/mol. The lowest BCUT2D eigenvalue weighted by atomic mass is 10.1. The van der Waals surface area contributed by atoms with Crippen molar-refractivity contribution in [1.82, 2.24) is 0 Å². The fourth-order valence-corrected chi connectivity index (χ4v) is 2.83. The van der Waals surface area contributed by atoms with E-state index in [0.29, 0.717) is 0 Å². The third kappa shape index (κ3) is 5.07. The first-order valence-electron chi connectivity index (χ1n) is 7.95. The van der Waals surface area contributed by atoms with Gasteiger partial charge in [0, 0.05) is 0 Å². The van der Waals surface area contributed by atoms with Crippen LogP contribution in [0, 0.1) is 0 Å². The molecule has 3 heteroatoms. The van der Waals surface area contributed by atoms with Gasteiger partial charge < -0.3 is 5.11 Å². The fourth-order valence-electron chi connectivity index (χ4n) is 2.83. The standard InChI is InChI=1S/C16H31N2O/c1-3-5-6-7-8-9-10-11-16-17-12-13-18(16,4-2)14-15-19/h9-10,19H,3-8,11-15H2,1-2H3/q+1/b10-9+. The highest BCUT2D eigenvalue weighted by atomic mass is 16.3. The van der Waals surface area contributed by atoms with E-state index in [1.807, 2.05) is 0 Å². The molecule has 0 radical (unpaired) electrons. The molecule has 1 rings (SSSR count). The quantitative estimate of drug-likeness (QED) is 0.368. The summed E-state index contributed by atoms with van der Waals surface area (Å²) in [5.41, 5.74) is 0. The van der Waals surface area contributed by atoms with Crippen LogP contribution in [-0.2, 0) is 0 Å². The lowest BCUT2D eigenvalue weighted by Gasteiger charge is -2.32. The van der Waals surface area contributed by atoms with Crippen LogP contribution in [-0.4, -0.2) is 48.2 Å². The summed E-state index contributed by atoms with van der Waals surface area (Å²) in [5.74, 6) is 1.27. The van der Waals surface area contributed by atoms with E-state index < -0.39 is 0 Å². The van der Waals surface area contributed by atoms with Gasteiger partial charge in [0.25, 0.3) is 0 Å². The number of likely N-dealkylation sites (N-methyl/N-ethyl adjacent to an activating group) is 1. The summed E-state index contributed by atoms with van der Waals surface area (Å²) in [6.45, 7) is 8.56. The van der Waals surface area contributed by atoms with Gasteiger partial charge in [-0.15, -0.1) is 0 Å². The second kappa shape index (κ2) is 9.27. The normalized spacial score (nSPS) is 23.2. The van der Waals surface area contributed by atoms with Crippen molar-refractivity contribution in [3.63, 3.8) is 0 Å². The van der Waals surface area contributed by atoms with Crippen molar-refractivity contribution < 1.29 is 9.59 Å².